The van der Waals surface area contributed by atoms with E-state index in [1.54, 1.807) is 0 Å². The number of ether oxygens (including phenoxy) is 1. The number of amides is 1. The molecule has 56 heavy (non-hydrogen) atoms. The number of esters is 1. The van der Waals surface area contributed by atoms with Crippen LogP contribution >= 0.6 is 0 Å². The van der Waals surface area contributed by atoms with Gasteiger partial charge < -0.3 is 20.3 Å². The van der Waals surface area contributed by atoms with Crippen LogP contribution in [-0.2, 0) is 14.3 Å². The lowest BCUT2D eigenvalue weighted by Gasteiger charge is -2.24. The Kier molecular flexibility index (Phi) is 41.8. The van der Waals surface area contributed by atoms with E-state index in [1.165, 1.54) is 89.9 Å². The van der Waals surface area contributed by atoms with Gasteiger partial charge in [-0.15, -0.1) is 0 Å². The molecule has 3 atom stereocenters. The van der Waals surface area contributed by atoms with Crippen molar-refractivity contribution in [1.29, 1.82) is 0 Å². The predicted molar refractivity (Wildman–Crippen MR) is 241 cm³/mol. The molecule has 0 rings (SSSR count). The van der Waals surface area contributed by atoms with Gasteiger partial charge in [0.1, 0.15) is 6.10 Å². The van der Waals surface area contributed by atoms with Crippen LogP contribution < -0.4 is 5.32 Å². The first kappa shape index (κ1) is 53.6. The smallest absolute Gasteiger partial charge is 0.306 e. The molecule has 0 aliphatic rings. The second-order valence-electron chi connectivity index (χ2n) is 15.8. The zero-order chi connectivity index (χ0) is 41.0. The molecule has 0 saturated heterocycles. The van der Waals surface area contributed by atoms with Crippen LogP contribution in [0.15, 0.2) is 60.8 Å². The lowest BCUT2D eigenvalue weighted by molar-refractivity contribution is -0.151. The number of carbonyl (C=O) groups is 2. The molecule has 1 amide bonds. The number of hydrogen-bond donors (Lipinski definition) is 3. The van der Waals surface area contributed by atoms with E-state index in [1.807, 2.05) is 0 Å². The topological polar surface area (TPSA) is 95.9 Å². The summed E-state index contributed by atoms with van der Waals surface area (Å²) in [4.78, 5) is 26.0. The van der Waals surface area contributed by atoms with Crippen molar-refractivity contribution in [3.8, 4) is 0 Å². The van der Waals surface area contributed by atoms with Gasteiger partial charge in [-0.05, 0) is 83.5 Å². The van der Waals surface area contributed by atoms with Crippen molar-refractivity contribution in [3.63, 3.8) is 0 Å². The Morgan fingerprint density at radius 1 is 0.554 bits per heavy atom. The van der Waals surface area contributed by atoms with Gasteiger partial charge in [0.05, 0.1) is 25.2 Å². The minimum atomic E-state index is -0.799. The number of aliphatic hydroxyl groups excluding tert-OH is 2. The first-order valence-corrected chi connectivity index (χ1v) is 23.5. The molecule has 0 aromatic heterocycles. The minimum absolute atomic E-state index is 0.0451. The zero-order valence-corrected chi connectivity index (χ0v) is 36.8. The third-order valence-corrected chi connectivity index (χ3v) is 10.4. The fourth-order valence-electron chi connectivity index (χ4n) is 6.79. The summed E-state index contributed by atoms with van der Waals surface area (Å²) in [5.41, 5.74) is 0. The molecular formula is C50H89NO5. The minimum Gasteiger partial charge on any atom is -0.462 e. The summed E-state index contributed by atoms with van der Waals surface area (Å²) in [5, 5.41) is 23.6. The van der Waals surface area contributed by atoms with Gasteiger partial charge in [-0.2, -0.15) is 0 Å². The van der Waals surface area contributed by atoms with Crippen LogP contribution in [0.5, 0.6) is 0 Å². The number of carbonyl (C=O) groups excluding carboxylic acids is 2. The van der Waals surface area contributed by atoms with E-state index in [9.17, 15) is 19.8 Å². The van der Waals surface area contributed by atoms with Gasteiger partial charge in [-0.25, -0.2) is 0 Å². The maximum absolute atomic E-state index is 13.1. The van der Waals surface area contributed by atoms with Crippen molar-refractivity contribution >= 4 is 11.9 Å². The average Bonchev–Trinajstić information content (AvgIpc) is 3.19. The molecule has 0 aromatic carbocycles. The van der Waals surface area contributed by atoms with E-state index in [4.69, 9.17) is 4.74 Å². The van der Waals surface area contributed by atoms with E-state index in [0.717, 1.165) is 83.5 Å². The summed E-state index contributed by atoms with van der Waals surface area (Å²) in [5.74, 6) is -0.530. The quantitative estimate of drug-likeness (QED) is 0.0248. The van der Waals surface area contributed by atoms with Crippen molar-refractivity contribution in [1.82, 2.24) is 5.32 Å². The molecule has 0 saturated carbocycles. The first-order chi connectivity index (χ1) is 27.5. The molecule has 0 radical (unpaired) electrons. The van der Waals surface area contributed by atoms with Crippen molar-refractivity contribution in [2.24, 2.45) is 0 Å². The van der Waals surface area contributed by atoms with Gasteiger partial charge in [0.15, 0.2) is 0 Å². The highest BCUT2D eigenvalue weighted by Gasteiger charge is 2.24. The fourth-order valence-corrected chi connectivity index (χ4v) is 6.79. The van der Waals surface area contributed by atoms with Crippen LogP contribution in [0, 0.1) is 0 Å². The Morgan fingerprint density at radius 3 is 1.62 bits per heavy atom. The number of unbranched alkanes of at least 4 members (excludes halogenated alkanes) is 20. The highest BCUT2D eigenvalue weighted by Crippen LogP contribution is 2.17. The molecule has 6 heteroatoms. The van der Waals surface area contributed by atoms with E-state index >= 15 is 0 Å². The Labute approximate surface area is 346 Å². The summed E-state index contributed by atoms with van der Waals surface area (Å²) in [6.45, 7) is 6.30. The lowest BCUT2D eigenvalue weighted by atomic mass is 10.0. The van der Waals surface area contributed by atoms with Crippen LogP contribution in [0.1, 0.15) is 220 Å². The van der Waals surface area contributed by atoms with Crippen molar-refractivity contribution < 1.29 is 24.5 Å². The monoisotopic (exact) mass is 784 g/mol. The molecule has 0 spiro atoms. The van der Waals surface area contributed by atoms with Gasteiger partial charge in [0.2, 0.25) is 5.91 Å². The Bertz CT molecular complexity index is 1010. The third-order valence-electron chi connectivity index (χ3n) is 10.4. The molecule has 0 aliphatic carbocycles. The van der Waals surface area contributed by atoms with Crippen LogP contribution in [0.2, 0.25) is 0 Å². The predicted octanol–water partition coefficient (Wildman–Crippen LogP) is 13.7. The SMILES string of the molecule is CC/C=C/C/C=C/C/C=C/CCCCC(CC(=O)NC(CO)C(O)CCCCCCCCCCCC)OC(=O)CCCCCCCC/C=C/C=C/CCCCC. The first-order valence-electron chi connectivity index (χ1n) is 23.5. The van der Waals surface area contributed by atoms with E-state index < -0.39 is 18.2 Å². The van der Waals surface area contributed by atoms with Gasteiger partial charge in [0, 0.05) is 6.42 Å². The lowest BCUT2D eigenvalue weighted by Crippen LogP contribution is -2.46. The molecule has 0 heterocycles. The number of allylic oxidation sites excluding steroid dienone is 10. The van der Waals surface area contributed by atoms with Crippen molar-refractivity contribution in [2.75, 3.05) is 6.61 Å². The standard InChI is InChI=1S/C50H89NO5/c1-4-7-10-13-16-19-22-24-25-26-28-31-34-37-40-43-50(55)56-46(41-38-35-32-29-27-23-20-17-14-11-8-5-2)44-49(54)51-47(45-52)48(53)42-39-36-33-30-21-18-15-12-9-6-3/h8,11,16-17,19-20,22,24,27,29,46-48,52-53H,4-7,9-10,12-15,18,21,23,25-26,28,30-45H2,1-3H3,(H,51,54)/b11-8+,19-16+,20-17+,24-22+,29-27+. The zero-order valence-electron chi connectivity index (χ0n) is 36.8. The molecular weight excluding hydrogens is 695 g/mol. The Morgan fingerprint density at radius 2 is 1.02 bits per heavy atom. The summed E-state index contributed by atoms with van der Waals surface area (Å²) >= 11 is 0. The maximum Gasteiger partial charge on any atom is 0.306 e. The largest absolute Gasteiger partial charge is 0.462 e. The number of aliphatic hydroxyl groups is 2. The number of rotatable bonds is 41. The molecule has 0 aliphatic heterocycles. The fraction of sp³-hybridized carbons (Fsp3) is 0.760. The highest BCUT2D eigenvalue weighted by atomic mass is 16.5. The van der Waals surface area contributed by atoms with Gasteiger partial charge in [0.25, 0.3) is 0 Å². The summed E-state index contributed by atoms with van der Waals surface area (Å²) in [6, 6.07) is -0.715. The number of nitrogens with one attached hydrogen (secondary N) is 1. The number of hydrogen-bond acceptors (Lipinski definition) is 5. The van der Waals surface area contributed by atoms with E-state index in [2.05, 4.69) is 86.8 Å². The molecule has 324 valence electrons. The Hall–Kier alpha value is -2.44. The Balaban J connectivity index is 4.66. The average molecular weight is 784 g/mol. The molecule has 0 fully saturated rings. The molecule has 0 aromatic rings. The summed E-state index contributed by atoms with van der Waals surface area (Å²) in [6.07, 6.45) is 52.8. The second-order valence-corrected chi connectivity index (χ2v) is 15.8. The van der Waals surface area contributed by atoms with Gasteiger partial charge in [-0.3, -0.25) is 9.59 Å². The van der Waals surface area contributed by atoms with Crippen molar-refractivity contribution in [2.45, 2.75) is 238 Å². The maximum atomic E-state index is 13.1. The van der Waals surface area contributed by atoms with Crippen molar-refractivity contribution in [3.05, 3.63) is 60.8 Å². The van der Waals surface area contributed by atoms with Gasteiger partial charge in [-0.1, -0.05) is 184 Å². The van der Waals surface area contributed by atoms with E-state index in [-0.39, 0.29) is 24.9 Å². The molecule has 0 bridgehead atoms. The highest BCUT2D eigenvalue weighted by molar-refractivity contribution is 5.77. The summed E-state index contributed by atoms with van der Waals surface area (Å²) < 4.78 is 5.88. The molecule has 6 nitrogen and oxygen atoms in total. The van der Waals surface area contributed by atoms with Crippen LogP contribution in [-0.4, -0.2) is 46.9 Å². The normalized spacial score (nSPS) is 13.9. The molecule has 3 N–H and O–H groups in total. The second kappa shape index (κ2) is 43.7. The summed E-state index contributed by atoms with van der Waals surface area (Å²) in [7, 11) is 0. The molecule has 3 unspecified atom stereocenters. The third kappa shape index (κ3) is 38.4. The van der Waals surface area contributed by atoms with E-state index in [0.29, 0.717) is 19.3 Å². The van der Waals surface area contributed by atoms with Crippen LogP contribution in [0.3, 0.4) is 0 Å². The van der Waals surface area contributed by atoms with Gasteiger partial charge >= 0.3 is 5.97 Å². The van der Waals surface area contributed by atoms with Crippen LogP contribution in [0.4, 0.5) is 0 Å². The van der Waals surface area contributed by atoms with Crippen LogP contribution in [0.25, 0.3) is 0 Å².